The lowest BCUT2D eigenvalue weighted by Crippen LogP contribution is -2.37. The molecule has 1 atom stereocenters. The van der Waals surface area contributed by atoms with Gasteiger partial charge in [0.2, 0.25) is 0 Å². The van der Waals surface area contributed by atoms with Crippen LogP contribution in [0.1, 0.15) is 57.9 Å². The number of aryl methyl sites for hydroxylation is 1. The van der Waals surface area contributed by atoms with Crippen molar-refractivity contribution < 1.29 is 14.0 Å². The predicted molar refractivity (Wildman–Crippen MR) is 81.3 cm³/mol. The zero-order valence-electron chi connectivity index (χ0n) is 12.2. The molecular weight excluding hydrogens is 292 g/mol. The van der Waals surface area contributed by atoms with Gasteiger partial charge in [0.1, 0.15) is 5.76 Å². The van der Waals surface area contributed by atoms with Crippen LogP contribution in [0.5, 0.6) is 0 Å². The van der Waals surface area contributed by atoms with Crippen molar-refractivity contribution in [1.82, 2.24) is 10.6 Å². The van der Waals surface area contributed by atoms with Crippen LogP contribution in [0.15, 0.2) is 4.42 Å². The average molecular weight is 313 g/mol. The van der Waals surface area contributed by atoms with Gasteiger partial charge in [-0.3, -0.25) is 9.59 Å². The summed E-state index contributed by atoms with van der Waals surface area (Å²) < 4.78 is 5.63. The normalized spacial score (nSPS) is 20.8. The van der Waals surface area contributed by atoms with Crippen molar-refractivity contribution in [2.75, 3.05) is 13.1 Å². The Morgan fingerprint density at radius 1 is 1.38 bits per heavy atom. The summed E-state index contributed by atoms with van der Waals surface area (Å²) >= 11 is 0. The molecule has 2 N–H and O–H groups in total. The Hall–Kier alpha value is -1.33. The van der Waals surface area contributed by atoms with Gasteiger partial charge >= 0.3 is 0 Å². The topological polar surface area (TPSA) is 71.3 Å². The lowest BCUT2D eigenvalue weighted by molar-refractivity contribution is 0.0916. The number of ketones is 1. The minimum absolute atomic E-state index is 0. The largest absolute Gasteiger partial charge is 0.455 e. The molecule has 0 bridgehead atoms. The van der Waals surface area contributed by atoms with E-state index in [9.17, 15) is 9.59 Å². The molecular formula is C15H21ClN2O3. The van der Waals surface area contributed by atoms with Gasteiger partial charge in [0.05, 0.1) is 5.56 Å². The van der Waals surface area contributed by atoms with E-state index in [0.717, 1.165) is 32.2 Å². The van der Waals surface area contributed by atoms with Crippen molar-refractivity contribution in [1.29, 1.82) is 0 Å². The molecule has 6 heteroatoms. The van der Waals surface area contributed by atoms with Gasteiger partial charge in [-0.1, -0.05) is 0 Å². The molecule has 1 aromatic rings. The molecule has 3 rings (SSSR count). The average Bonchev–Trinajstić information content (AvgIpc) is 3.05. The zero-order chi connectivity index (χ0) is 14.1. The fraction of sp³-hybridized carbons (Fsp3) is 0.600. The van der Waals surface area contributed by atoms with E-state index in [2.05, 4.69) is 10.6 Å². The minimum Gasteiger partial charge on any atom is -0.455 e. The van der Waals surface area contributed by atoms with E-state index in [-0.39, 0.29) is 24.1 Å². The van der Waals surface area contributed by atoms with Crippen molar-refractivity contribution in [3.63, 3.8) is 0 Å². The Bertz CT molecular complexity index is 547. The van der Waals surface area contributed by atoms with E-state index in [1.54, 1.807) is 6.92 Å². The first-order chi connectivity index (χ1) is 9.66. The standard InChI is InChI=1S/C15H20N2O3.ClH/c1-9-13-11(18)5-2-6-12(13)20-14(9)15(19)17-8-10-4-3-7-16-10;/h10,16H,2-8H2,1H3,(H,17,19);1H. The second-order valence-electron chi connectivity index (χ2n) is 5.63. The van der Waals surface area contributed by atoms with Crippen molar-refractivity contribution in [2.45, 2.75) is 45.1 Å². The highest BCUT2D eigenvalue weighted by Crippen LogP contribution is 2.29. The highest BCUT2D eigenvalue weighted by atomic mass is 35.5. The van der Waals surface area contributed by atoms with Gasteiger partial charge in [0.15, 0.2) is 11.5 Å². The van der Waals surface area contributed by atoms with E-state index in [4.69, 9.17) is 4.42 Å². The first-order valence-corrected chi connectivity index (χ1v) is 7.34. The first-order valence-electron chi connectivity index (χ1n) is 7.34. The molecule has 1 aromatic heterocycles. The second-order valence-corrected chi connectivity index (χ2v) is 5.63. The molecule has 21 heavy (non-hydrogen) atoms. The number of nitrogens with one attached hydrogen (secondary N) is 2. The molecule has 0 radical (unpaired) electrons. The Morgan fingerprint density at radius 3 is 2.86 bits per heavy atom. The Labute approximate surface area is 130 Å². The van der Waals surface area contributed by atoms with E-state index < -0.39 is 0 Å². The number of amides is 1. The summed E-state index contributed by atoms with van der Waals surface area (Å²) in [7, 11) is 0. The van der Waals surface area contributed by atoms with Gasteiger partial charge < -0.3 is 15.1 Å². The fourth-order valence-corrected chi connectivity index (χ4v) is 3.09. The molecule has 1 aliphatic carbocycles. The van der Waals surface area contributed by atoms with Crippen LogP contribution in [0.2, 0.25) is 0 Å². The van der Waals surface area contributed by atoms with Crippen LogP contribution in [-0.2, 0) is 6.42 Å². The molecule has 1 saturated heterocycles. The van der Waals surface area contributed by atoms with Crippen molar-refractivity contribution >= 4 is 24.1 Å². The van der Waals surface area contributed by atoms with Crippen molar-refractivity contribution in [3.05, 3.63) is 22.6 Å². The second kappa shape index (κ2) is 6.62. The smallest absolute Gasteiger partial charge is 0.287 e. The quantitative estimate of drug-likeness (QED) is 0.895. The highest BCUT2D eigenvalue weighted by molar-refractivity contribution is 6.03. The summed E-state index contributed by atoms with van der Waals surface area (Å²) in [6, 6.07) is 0.352. The van der Waals surface area contributed by atoms with E-state index in [1.165, 1.54) is 0 Å². The fourth-order valence-electron chi connectivity index (χ4n) is 3.09. The van der Waals surface area contributed by atoms with Crippen LogP contribution in [0, 0.1) is 6.92 Å². The number of rotatable bonds is 3. The zero-order valence-corrected chi connectivity index (χ0v) is 13.0. The summed E-state index contributed by atoms with van der Waals surface area (Å²) in [5.41, 5.74) is 1.34. The molecule has 116 valence electrons. The third kappa shape index (κ3) is 3.14. The molecule has 0 saturated carbocycles. The van der Waals surface area contributed by atoms with Gasteiger partial charge in [0, 0.05) is 31.0 Å². The van der Waals surface area contributed by atoms with Gasteiger partial charge in [-0.2, -0.15) is 0 Å². The van der Waals surface area contributed by atoms with Crippen LogP contribution in [0.25, 0.3) is 0 Å². The summed E-state index contributed by atoms with van der Waals surface area (Å²) in [5, 5.41) is 6.23. The molecule has 0 spiro atoms. The summed E-state index contributed by atoms with van der Waals surface area (Å²) in [4.78, 5) is 24.1. The lowest BCUT2D eigenvalue weighted by atomic mass is 9.94. The number of hydrogen-bond donors (Lipinski definition) is 2. The molecule has 1 unspecified atom stereocenters. The number of fused-ring (bicyclic) bond motifs is 1. The monoisotopic (exact) mass is 312 g/mol. The molecule has 5 nitrogen and oxygen atoms in total. The number of Topliss-reactive ketones (excluding diaryl/α,β-unsaturated/α-hetero) is 1. The van der Waals surface area contributed by atoms with Crippen LogP contribution < -0.4 is 10.6 Å². The lowest BCUT2D eigenvalue weighted by Gasteiger charge is -2.10. The number of hydrogen-bond acceptors (Lipinski definition) is 4. The number of carbonyl (C=O) groups excluding carboxylic acids is 2. The molecule has 0 aromatic carbocycles. The van der Waals surface area contributed by atoms with E-state index >= 15 is 0 Å². The molecule has 1 amide bonds. The molecule has 1 fully saturated rings. The molecule has 2 heterocycles. The van der Waals surface area contributed by atoms with Gasteiger partial charge in [0.25, 0.3) is 5.91 Å². The maximum atomic E-state index is 12.2. The van der Waals surface area contributed by atoms with Crippen molar-refractivity contribution in [2.24, 2.45) is 0 Å². The summed E-state index contributed by atoms with van der Waals surface area (Å²) in [6.07, 6.45) is 4.36. The van der Waals surface area contributed by atoms with Gasteiger partial charge in [-0.15, -0.1) is 12.4 Å². The summed E-state index contributed by atoms with van der Waals surface area (Å²) in [5.74, 6) is 0.883. The van der Waals surface area contributed by atoms with Crippen LogP contribution in [-0.4, -0.2) is 30.8 Å². The Kier molecular flexibility index (Phi) is 5.06. The number of halogens is 1. The highest BCUT2D eigenvalue weighted by Gasteiger charge is 2.29. The SMILES string of the molecule is Cc1c(C(=O)NCC2CCCN2)oc2c1C(=O)CCC2.Cl. The van der Waals surface area contributed by atoms with Crippen LogP contribution in [0.4, 0.5) is 0 Å². The maximum absolute atomic E-state index is 12.2. The Balaban J connectivity index is 0.00000161. The third-order valence-corrected chi connectivity index (χ3v) is 4.18. The number of carbonyl (C=O) groups is 2. The van der Waals surface area contributed by atoms with Crippen LogP contribution >= 0.6 is 12.4 Å². The first kappa shape index (κ1) is 16.0. The van der Waals surface area contributed by atoms with Gasteiger partial charge in [-0.25, -0.2) is 0 Å². The maximum Gasteiger partial charge on any atom is 0.287 e. The van der Waals surface area contributed by atoms with E-state index in [1.807, 2.05) is 0 Å². The Morgan fingerprint density at radius 2 is 2.19 bits per heavy atom. The molecule has 2 aliphatic rings. The minimum atomic E-state index is -0.210. The number of furan rings is 1. The van der Waals surface area contributed by atoms with Crippen LogP contribution in [0.3, 0.4) is 0 Å². The summed E-state index contributed by atoms with van der Waals surface area (Å²) in [6.45, 7) is 3.43. The van der Waals surface area contributed by atoms with E-state index in [0.29, 0.717) is 41.7 Å². The third-order valence-electron chi connectivity index (χ3n) is 4.18. The molecule has 1 aliphatic heterocycles. The van der Waals surface area contributed by atoms with Gasteiger partial charge in [-0.05, 0) is 32.7 Å². The van der Waals surface area contributed by atoms with Crippen molar-refractivity contribution in [3.8, 4) is 0 Å². The predicted octanol–water partition coefficient (Wildman–Crippen LogP) is 2.01.